The monoisotopic (exact) mass is 1340 g/mol. The number of H-pyrrole nitrogens is 1. The molecule has 1 aromatic heterocycles. The molecule has 2 saturated heterocycles. The number of nitrogens with one attached hydrogen (secondary N) is 9. The highest BCUT2D eigenvalue weighted by Crippen LogP contribution is 2.32. The molecule has 0 radical (unpaired) electrons. The number of benzene rings is 2. The Hall–Kier alpha value is -8.41. The first-order chi connectivity index (χ1) is 45.1. The number of aromatic nitrogens is 1. The molecule has 2 aromatic carbocycles. The Balaban J connectivity index is 1.13. The molecule has 2 bridgehead atoms. The van der Waals surface area contributed by atoms with Crippen molar-refractivity contribution in [2.24, 2.45) is 35.5 Å². The Bertz CT molecular complexity index is 3390. The lowest BCUT2D eigenvalue weighted by Gasteiger charge is -2.32. The fraction of sp³-hybridized carbons (Fsp3) is 0.576. The van der Waals surface area contributed by atoms with Gasteiger partial charge in [0, 0.05) is 105 Å². The molecule has 0 aliphatic carbocycles. The van der Waals surface area contributed by atoms with Crippen molar-refractivity contribution in [2.45, 2.75) is 166 Å². The topological polar surface area (TPSA) is 418 Å². The number of amides is 11. The molecular formula is C66H89N11O17S. The highest BCUT2D eigenvalue weighted by atomic mass is 32.2. The number of ketones is 3. The first-order valence-corrected chi connectivity index (χ1v) is 33.6. The number of thioether (sulfide) groups is 1. The number of imide groups is 1. The van der Waals surface area contributed by atoms with Crippen molar-refractivity contribution in [3.63, 3.8) is 0 Å². The summed E-state index contributed by atoms with van der Waals surface area (Å²) >= 11 is 1.26. The number of carbonyl (C=O) groups is 14. The predicted molar refractivity (Wildman–Crippen MR) is 347 cm³/mol. The van der Waals surface area contributed by atoms with E-state index in [1.165, 1.54) is 18.7 Å². The van der Waals surface area contributed by atoms with Crippen molar-refractivity contribution in [1.82, 2.24) is 52.0 Å². The number of aliphatic hydroxyl groups is 3. The summed E-state index contributed by atoms with van der Waals surface area (Å²) in [6, 6.07) is 6.80. The zero-order chi connectivity index (χ0) is 69.5. The van der Waals surface area contributed by atoms with Crippen LogP contribution in [0.5, 0.6) is 0 Å². The van der Waals surface area contributed by atoms with Gasteiger partial charge in [0.15, 0.2) is 17.3 Å². The molecule has 12 N–H and O–H groups in total. The van der Waals surface area contributed by atoms with Crippen LogP contribution in [0.1, 0.15) is 116 Å². The number of rotatable bonds is 20. The summed E-state index contributed by atoms with van der Waals surface area (Å²) in [6.07, 6.45) is -3.98. The highest BCUT2D eigenvalue weighted by molar-refractivity contribution is 8.00. The predicted octanol–water partition coefficient (Wildman–Crippen LogP) is -0.233. The quantitative estimate of drug-likeness (QED) is 0.0650. The van der Waals surface area contributed by atoms with Crippen molar-refractivity contribution < 1.29 is 82.4 Å². The molecule has 3 aromatic rings. The summed E-state index contributed by atoms with van der Waals surface area (Å²) in [5, 5.41) is 53.8. The molecule has 4 aliphatic heterocycles. The number of aromatic amines is 1. The van der Waals surface area contributed by atoms with Crippen molar-refractivity contribution in [2.75, 3.05) is 44.4 Å². The molecule has 13 atom stereocenters. The van der Waals surface area contributed by atoms with Crippen LogP contribution in [0.4, 0.5) is 5.69 Å². The minimum absolute atomic E-state index is 0.0123. The standard InChI is InChI=1S/C66H89N11O17S/c1-8-34(4)60-64(92)69-29-56(86)72-46-18-17-45-43(41-11-9-10-12-44(41)71-45)25-47(63(91)68-30-57(87)75-60)73-62(90)42(36(6)52(83)32-78)26-50(81)48-24-40(79)31-77(48)65(93)38(22-49(46)80)23-55(85)67-28-37-13-15-39(16-14-37)70-61(89)35(5)21-51(82)59(33(2)3)74-54(84)19-20-76-58(88)27-53(95-7)66(76)94/h9-16,33-36,38,40,42,46-48,52-53,59-60,71,78-79,83H,8,17-32H2,1-7H3,(H,67,85)(H,68,91)(H,69,92)(H,70,89)(H,72,86)(H,73,90)(H,74,84)(H,75,87)/t34-,35+,36+,38-,40+,42-,46-,47?,48-,52-,53?,59-,60-/m0/s1. The number of Topliss-reactive ketones (excluding diaryl/α,β-unsaturated/α-hetero) is 3. The maximum absolute atomic E-state index is 15.1. The van der Waals surface area contributed by atoms with Gasteiger partial charge in [0.25, 0.3) is 0 Å². The van der Waals surface area contributed by atoms with Crippen LogP contribution in [-0.4, -0.2) is 199 Å². The second-order valence-corrected chi connectivity index (χ2v) is 26.7. The number of aliphatic hydroxyl groups excluding tert-OH is 3. The van der Waals surface area contributed by atoms with Crippen LogP contribution in [0.15, 0.2) is 48.5 Å². The Morgan fingerprint density at radius 3 is 2.12 bits per heavy atom. The molecule has 2 unspecified atom stereocenters. The number of para-hydroxylation sites is 1. The SMILES string of the molecule is CC[C@H](C)[C@@H]1NC(=O)CNC(=O)C2Cc3c([nH]c4ccccc34)CC[C@H](NC(=O)CNC1=O)C(=O)C[C@@H](CC(=O)NCc1ccc(NC(=O)[C@H](C)CC(=O)[C@@H](NC(=O)CCN3C(=O)CC(SC)C3=O)C(C)C)cc1)C(=O)N1C[C@H](O)C[C@H]1C(=O)C[C@@H]([C@@H](C)[C@@H](O)CO)C(=O)N2. The second kappa shape index (κ2) is 33.8. The fourth-order valence-electron chi connectivity index (χ4n) is 12.4. The normalized spacial score (nSPS) is 24.7. The fourth-order valence-corrected chi connectivity index (χ4v) is 13.0. The molecule has 29 heteroatoms. The van der Waals surface area contributed by atoms with Gasteiger partial charge in [-0.05, 0) is 66.2 Å². The van der Waals surface area contributed by atoms with E-state index in [1.807, 2.05) is 0 Å². The third-order valence-corrected chi connectivity index (χ3v) is 19.3. The number of fused-ring (bicyclic) bond motifs is 5. The average molecular weight is 1340 g/mol. The number of likely N-dealkylation sites (tertiary alicyclic amines) is 1. The third kappa shape index (κ3) is 19.4. The number of nitrogens with zero attached hydrogens (tertiary/aromatic N) is 2. The molecule has 2 fully saturated rings. The minimum atomic E-state index is -1.58. The van der Waals surface area contributed by atoms with Gasteiger partial charge < -0.3 is 67.7 Å². The van der Waals surface area contributed by atoms with E-state index >= 15 is 9.59 Å². The number of hydrogen-bond acceptors (Lipinski definition) is 18. The Morgan fingerprint density at radius 2 is 1.45 bits per heavy atom. The smallest absolute Gasteiger partial charge is 0.243 e. The minimum Gasteiger partial charge on any atom is -0.394 e. The number of anilines is 1. The van der Waals surface area contributed by atoms with Crippen molar-refractivity contribution in [3.8, 4) is 0 Å². The van der Waals surface area contributed by atoms with Gasteiger partial charge in [0.1, 0.15) is 12.1 Å². The lowest BCUT2D eigenvalue weighted by Crippen LogP contribution is -2.56. The van der Waals surface area contributed by atoms with Crippen molar-refractivity contribution in [3.05, 3.63) is 65.4 Å². The molecule has 95 heavy (non-hydrogen) atoms. The van der Waals surface area contributed by atoms with E-state index < -0.39 is 193 Å². The second-order valence-electron chi connectivity index (χ2n) is 25.7. The number of hydrogen-bond donors (Lipinski definition) is 12. The lowest BCUT2D eigenvalue weighted by atomic mass is 9.82. The van der Waals surface area contributed by atoms with E-state index in [1.54, 1.807) is 89.4 Å². The maximum Gasteiger partial charge on any atom is 0.243 e. The largest absolute Gasteiger partial charge is 0.394 e. The average Bonchev–Trinajstić information content (AvgIpc) is 1.77. The maximum atomic E-state index is 15.1. The van der Waals surface area contributed by atoms with Gasteiger partial charge in [0.05, 0.1) is 61.2 Å². The Labute approximate surface area is 554 Å². The first-order valence-electron chi connectivity index (χ1n) is 32.3. The van der Waals surface area contributed by atoms with Crippen LogP contribution in [0, 0.1) is 35.5 Å². The Morgan fingerprint density at radius 1 is 0.768 bits per heavy atom. The van der Waals surface area contributed by atoms with E-state index in [2.05, 4.69) is 47.5 Å². The third-order valence-electron chi connectivity index (χ3n) is 18.4. The van der Waals surface area contributed by atoms with Crippen LogP contribution in [0.25, 0.3) is 10.9 Å². The van der Waals surface area contributed by atoms with Gasteiger partial charge in [-0.3, -0.25) is 72.0 Å². The van der Waals surface area contributed by atoms with Crippen LogP contribution in [0.2, 0.25) is 0 Å². The highest BCUT2D eigenvalue weighted by Gasteiger charge is 2.46. The number of aryl methyl sites for hydroxylation is 1. The van der Waals surface area contributed by atoms with Gasteiger partial charge in [-0.1, -0.05) is 78.3 Å². The summed E-state index contributed by atoms with van der Waals surface area (Å²) in [6.45, 7) is 7.03. The van der Waals surface area contributed by atoms with Crippen LogP contribution < -0.4 is 42.5 Å². The van der Waals surface area contributed by atoms with E-state index in [-0.39, 0.29) is 75.8 Å². The molecule has 4 aliphatic rings. The van der Waals surface area contributed by atoms with E-state index in [4.69, 9.17) is 0 Å². The summed E-state index contributed by atoms with van der Waals surface area (Å²) in [5.74, 6) is -15.4. The van der Waals surface area contributed by atoms with Gasteiger partial charge in [-0.15, -0.1) is 0 Å². The first kappa shape index (κ1) is 74.0. The van der Waals surface area contributed by atoms with Crippen LogP contribution in [0.3, 0.4) is 0 Å². The number of carbonyl (C=O) groups excluding carboxylic acids is 14. The van der Waals surface area contributed by atoms with Crippen molar-refractivity contribution in [1.29, 1.82) is 0 Å². The molecule has 0 saturated carbocycles. The zero-order valence-electron chi connectivity index (χ0n) is 54.6. The van der Waals surface area contributed by atoms with E-state index in [0.717, 1.165) is 9.80 Å². The van der Waals surface area contributed by atoms with Gasteiger partial charge in [0.2, 0.25) is 65.0 Å². The summed E-state index contributed by atoms with van der Waals surface area (Å²) in [7, 11) is 0. The van der Waals surface area contributed by atoms with Gasteiger partial charge in [-0.2, -0.15) is 11.8 Å². The van der Waals surface area contributed by atoms with E-state index in [0.29, 0.717) is 39.8 Å². The summed E-state index contributed by atoms with van der Waals surface area (Å²) in [4.78, 5) is 200. The molecular weight excluding hydrogens is 1250 g/mol. The van der Waals surface area contributed by atoms with E-state index in [9.17, 15) is 72.9 Å². The lowest BCUT2D eigenvalue weighted by molar-refractivity contribution is -0.145. The molecule has 28 nitrogen and oxygen atoms in total. The molecule has 5 heterocycles. The summed E-state index contributed by atoms with van der Waals surface area (Å²) in [5.41, 5.74) is 2.39. The Kier molecular flexibility index (Phi) is 26.3. The van der Waals surface area contributed by atoms with Crippen LogP contribution >= 0.6 is 11.8 Å². The molecule has 0 spiro atoms. The van der Waals surface area contributed by atoms with Gasteiger partial charge in [-0.25, -0.2) is 0 Å². The molecule has 516 valence electrons. The molecule has 11 amide bonds. The van der Waals surface area contributed by atoms with Crippen molar-refractivity contribution >= 4 is 111 Å². The summed E-state index contributed by atoms with van der Waals surface area (Å²) < 4.78 is 0. The zero-order valence-corrected chi connectivity index (χ0v) is 55.4. The molecule has 7 rings (SSSR count). The van der Waals surface area contributed by atoms with Crippen LogP contribution in [-0.2, 0) is 86.5 Å². The van der Waals surface area contributed by atoms with Gasteiger partial charge >= 0.3 is 0 Å².